The van der Waals surface area contributed by atoms with Crippen molar-refractivity contribution in [3.05, 3.63) is 53.0 Å². The predicted octanol–water partition coefficient (Wildman–Crippen LogP) is 1.92. The average molecular weight is 382 g/mol. The van der Waals surface area contributed by atoms with Crippen molar-refractivity contribution in [2.24, 2.45) is 5.92 Å². The van der Waals surface area contributed by atoms with Crippen LogP contribution in [0.25, 0.3) is 27.9 Å². The van der Waals surface area contributed by atoms with Crippen molar-refractivity contribution in [1.29, 1.82) is 0 Å². The Labute approximate surface area is 157 Å². The maximum atomic E-state index is 13.2. The van der Waals surface area contributed by atoms with Gasteiger partial charge < -0.3 is 5.11 Å². The number of hydrogen-bond acceptors (Lipinski definition) is 6. The highest BCUT2D eigenvalue weighted by Gasteiger charge is 2.26. The molecule has 4 aromatic rings. The Morgan fingerprint density at radius 2 is 1.86 bits per heavy atom. The SMILES string of the molecule is CC(C)C(C(=O)O)n1cnc2c(nnc3c(-c4ccc(F)cc4)cnn32)c1=O. The molecule has 1 unspecified atom stereocenters. The van der Waals surface area contributed by atoms with Gasteiger partial charge in [0.05, 0.1) is 6.20 Å². The lowest BCUT2D eigenvalue weighted by Gasteiger charge is -2.18. The highest BCUT2D eigenvalue weighted by atomic mass is 19.1. The van der Waals surface area contributed by atoms with Crippen LogP contribution in [-0.2, 0) is 4.79 Å². The van der Waals surface area contributed by atoms with Crippen molar-refractivity contribution in [3.8, 4) is 11.1 Å². The minimum atomic E-state index is -1.13. The fourth-order valence-electron chi connectivity index (χ4n) is 3.14. The molecule has 3 heterocycles. The van der Waals surface area contributed by atoms with Crippen molar-refractivity contribution < 1.29 is 14.3 Å². The zero-order valence-corrected chi connectivity index (χ0v) is 14.9. The van der Waals surface area contributed by atoms with Gasteiger partial charge >= 0.3 is 5.97 Å². The van der Waals surface area contributed by atoms with Gasteiger partial charge in [-0.25, -0.2) is 14.2 Å². The molecule has 3 aromatic heterocycles. The quantitative estimate of drug-likeness (QED) is 0.573. The van der Waals surface area contributed by atoms with E-state index in [9.17, 15) is 19.1 Å². The molecule has 1 atom stereocenters. The predicted molar refractivity (Wildman–Crippen MR) is 97.2 cm³/mol. The highest BCUT2D eigenvalue weighted by molar-refractivity contribution is 5.81. The first-order valence-corrected chi connectivity index (χ1v) is 8.48. The van der Waals surface area contributed by atoms with Gasteiger partial charge in [0.15, 0.2) is 16.8 Å². The first-order chi connectivity index (χ1) is 13.4. The summed E-state index contributed by atoms with van der Waals surface area (Å²) in [7, 11) is 0. The fraction of sp³-hybridized carbons (Fsp3) is 0.222. The Morgan fingerprint density at radius 3 is 2.50 bits per heavy atom. The molecule has 0 saturated heterocycles. The number of hydrogen-bond donors (Lipinski definition) is 1. The number of carbonyl (C=O) groups is 1. The second-order valence-electron chi connectivity index (χ2n) is 6.66. The summed E-state index contributed by atoms with van der Waals surface area (Å²) in [6, 6.07) is 4.74. The van der Waals surface area contributed by atoms with Crippen LogP contribution in [0.4, 0.5) is 4.39 Å². The van der Waals surface area contributed by atoms with Crippen LogP contribution in [0.2, 0.25) is 0 Å². The first-order valence-electron chi connectivity index (χ1n) is 8.48. The lowest BCUT2D eigenvalue weighted by atomic mass is 10.0. The number of benzene rings is 1. The number of aliphatic carboxylic acids is 1. The number of carboxylic acids is 1. The van der Waals surface area contributed by atoms with Crippen LogP contribution < -0.4 is 5.56 Å². The van der Waals surface area contributed by atoms with Crippen molar-refractivity contribution in [2.75, 3.05) is 0 Å². The molecule has 0 saturated carbocycles. The van der Waals surface area contributed by atoms with Gasteiger partial charge in [-0.1, -0.05) is 26.0 Å². The molecule has 4 rings (SSSR count). The van der Waals surface area contributed by atoms with Gasteiger partial charge in [-0.3, -0.25) is 9.36 Å². The Morgan fingerprint density at radius 1 is 1.14 bits per heavy atom. The molecule has 0 aliphatic carbocycles. The van der Waals surface area contributed by atoms with E-state index in [-0.39, 0.29) is 22.9 Å². The zero-order valence-electron chi connectivity index (χ0n) is 14.9. The molecular weight excluding hydrogens is 367 g/mol. The molecule has 10 heteroatoms. The normalized spacial score (nSPS) is 12.7. The van der Waals surface area contributed by atoms with Crippen LogP contribution >= 0.6 is 0 Å². The van der Waals surface area contributed by atoms with Gasteiger partial charge in [0.2, 0.25) is 0 Å². The molecule has 0 amide bonds. The average Bonchev–Trinajstić information content (AvgIpc) is 3.08. The number of nitrogens with zero attached hydrogens (tertiary/aromatic N) is 6. The van der Waals surface area contributed by atoms with Crippen LogP contribution in [0, 0.1) is 11.7 Å². The molecule has 1 N–H and O–H groups in total. The van der Waals surface area contributed by atoms with Gasteiger partial charge in [-0.15, -0.1) is 10.2 Å². The van der Waals surface area contributed by atoms with E-state index in [1.54, 1.807) is 26.0 Å². The summed E-state index contributed by atoms with van der Waals surface area (Å²) in [5, 5.41) is 21.7. The van der Waals surface area contributed by atoms with Crippen LogP contribution in [0.15, 0.2) is 41.6 Å². The molecule has 1 aromatic carbocycles. The van der Waals surface area contributed by atoms with Gasteiger partial charge in [-0.2, -0.15) is 9.61 Å². The summed E-state index contributed by atoms with van der Waals surface area (Å²) in [4.78, 5) is 28.6. The Balaban J connectivity index is 1.93. The highest BCUT2D eigenvalue weighted by Crippen LogP contribution is 2.24. The van der Waals surface area contributed by atoms with E-state index in [1.807, 2.05) is 0 Å². The van der Waals surface area contributed by atoms with Crippen LogP contribution in [0.3, 0.4) is 0 Å². The third kappa shape index (κ3) is 2.70. The number of fused-ring (bicyclic) bond motifs is 3. The van der Waals surface area contributed by atoms with E-state index in [1.165, 1.54) is 29.2 Å². The molecule has 0 radical (unpaired) electrons. The first kappa shape index (κ1) is 17.7. The fourth-order valence-corrected chi connectivity index (χ4v) is 3.14. The van der Waals surface area contributed by atoms with E-state index in [2.05, 4.69) is 20.3 Å². The van der Waals surface area contributed by atoms with Crippen LogP contribution in [0.1, 0.15) is 19.9 Å². The van der Waals surface area contributed by atoms with Gasteiger partial charge in [0.25, 0.3) is 5.56 Å². The second kappa shape index (κ2) is 6.48. The molecule has 142 valence electrons. The topological polar surface area (TPSA) is 115 Å². The minimum Gasteiger partial charge on any atom is -0.480 e. The summed E-state index contributed by atoms with van der Waals surface area (Å²) < 4.78 is 15.6. The second-order valence-corrected chi connectivity index (χ2v) is 6.66. The number of halogens is 1. The maximum absolute atomic E-state index is 13.2. The van der Waals surface area contributed by atoms with Gasteiger partial charge in [0.1, 0.15) is 18.2 Å². The van der Waals surface area contributed by atoms with E-state index < -0.39 is 17.6 Å². The monoisotopic (exact) mass is 382 g/mol. The number of rotatable bonds is 4. The smallest absolute Gasteiger partial charge is 0.327 e. The van der Waals surface area contributed by atoms with Crippen LogP contribution in [0.5, 0.6) is 0 Å². The van der Waals surface area contributed by atoms with E-state index in [0.29, 0.717) is 16.8 Å². The number of carboxylic acid groups (broad SMARTS) is 1. The molecule has 28 heavy (non-hydrogen) atoms. The molecule has 0 aliphatic heterocycles. The summed E-state index contributed by atoms with van der Waals surface area (Å²) in [6.45, 7) is 3.40. The molecule has 9 nitrogen and oxygen atoms in total. The minimum absolute atomic E-state index is 0.0874. The maximum Gasteiger partial charge on any atom is 0.327 e. The van der Waals surface area contributed by atoms with Gasteiger partial charge in [-0.05, 0) is 23.6 Å². The van der Waals surface area contributed by atoms with Crippen LogP contribution in [-0.4, -0.2) is 40.4 Å². The summed E-state index contributed by atoms with van der Waals surface area (Å²) >= 11 is 0. The van der Waals surface area contributed by atoms with E-state index in [0.717, 1.165) is 4.57 Å². The summed E-state index contributed by atoms with van der Waals surface area (Å²) in [5.41, 5.74) is 1.10. The molecule has 0 fully saturated rings. The van der Waals surface area contributed by atoms with Crippen molar-refractivity contribution in [1.82, 2.24) is 29.4 Å². The van der Waals surface area contributed by atoms with Crippen molar-refractivity contribution >= 4 is 22.8 Å². The van der Waals surface area contributed by atoms with Crippen molar-refractivity contribution in [2.45, 2.75) is 19.9 Å². The number of aromatic nitrogens is 6. The molecular formula is C18H15FN6O3. The van der Waals surface area contributed by atoms with Crippen molar-refractivity contribution in [3.63, 3.8) is 0 Å². The largest absolute Gasteiger partial charge is 0.480 e. The summed E-state index contributed by atoms with van der Waals surface area (Å²) in [5.74, 6) is -1.83. The van der Waals surface area contributed by atoms with E-state index >= 15 is 0 Å². The molecule has 0 spiro atoms. The Hall–Kier alpha value is -3.69. The Bertz CT molecular complexity index is 1260. The third-order valence-electron chi connectivity index (χ3n) is 4.48. The standard InChI is InChI=1S/C18H15FN6O3/c1-9(2)14(18(27)28)24-8-20-16-13(17(24)26)22-23-15-12(7-21-25(15)16)10-3-5-11(19)6-4-10/h3-9,14H,1-2H3,(H,27,28). The lowest BCUT2D eigenvalue weighted by Crippen LogP contribution is -2.34. The zero-order chi connectivity index (χ0) is 20.0. The molecule has 0 aliphatic rings. The van der Waals surface area contributed by atoms with Gasteiger partial charge in [0, 0.05) is 5.56 Å². The van der Waals surface area contributed by atoms with E-state index in [4.69, 9.17) is 0 Å². The molecule has 0 bridgehead atoms. The summed E-state index contributed by atoms with van der Waals surface area (Å²) in [6.07, 6.45) is 2.71. The third-order valence-corrected chi connectivity index (χ3v) is 4.48. The Kier molecular flexibility index (Phi) is 4.10. The lowest BCUT2D eigenvalue weighted by molar-refractivity contribution is -0.142.